The van der Waals surface area contributed by atoms with Gasteiger partial charge in [0, 0.05) is 6.54 Å². The van der Waals surface area contributed by atoms with Crippen LogP contribution in [0.4, 0.5) is 0 Å². The lowest BCUT2D eigenvalue weighted by Gasteiger charge is -2.17. The predicted octanol–water partition coefficient (Wildman–Crippen LogP) is 3.01. The van der Waals surface area contributed by atoms with Crippen molar-refractivity contribution in [2.45, 2.75) is 41.0 Å². The molecule has 0 heterocycles. The zero-order valence-corrected chi connectivity index (χ0v) is 9.15. The Hall–Kier alpha value is -0.0400. The molecule has 0 amide bonds. The minimum atomic E-state index is 0.807. The molecule has 1 heteroatoms. The van der Waals surface area contributed by atoms with Gasteiger partial charge in [-0.2, -0.15) is 0 Å². The summed E-state index contributed by atoms with van der Waals surface area (Å²) in [5.41, 5.74) is 0. The third kappa shape index (κ3) is 13.0. The highest BCUT2D eigenvalue weighted by atomic mass is 15.1. The van der Waals surface area contributed by atoms with Gasteiger partial charge in [0.1, 0.15) is 0 Å². The molecule has 0 fully saturated rings. The van der Waals surface area contributed by atoms with Gasteiger partial charge in [-0.3, -0.25) is 0 Å². The number of hydrogen-bond acceptors (Lipinski definition) is 1. The maximum Gasteiger partial charge on any atom is 0.000133 e. The Kier molecular flexibility index (Phi) is 12.3. The van der Waals surface area contributed by atoms with Crippen molar-refractivity contribution >= 4 is 0 Å². The molecule has 0 bridgehead atoms. The Morgan fingerprint density at radius 1 is 1.18 bits per heavy atom. The van der Waals surface area contributed by atoms with Crippen molar-refractivity contribution in [3.05, 3.63) is 0 Å². The topological polar surface area (TPSA) is 3.24 Å². The summed E-state index contributed by atoms with van der Waals surface area (Å²) in [6.07, 6.45) is 1.27. The van der Waals surface area contributed by atoms with Gasteiger partial charge in [0.2, 0.25) is 0 Å². The first kappa shape index (κ1) is 13.5. The molecule has 0 aromatic rings. The van der Waals surface area contributed by atoms with Crippen LogP contribution >= 0.6 is 0 Å². The van der Waals surface area contributed by atoms with Crippen molar-refractivity contribution in [2.75, 3.05) is 20.1 Å². The SMILES string of the molecule is CC.CCCN(C)CC(C)C. The van der Waals surface area contributed by atoms with E-state index in [4.69, 9.17) is 0 Å². The van der Waals surface area contributed by atoms with Crippen LogP contribution in [0.3, 0.4) is 0 Å². The van der Waals surface area contributed by atoms with Crippen molar-refractivity contribution < 1.29 is 0 Å². The molecule has 0 aromatic carbocycles. The van der Waals surface area contributed by atoms with Gasteiger partial charge in [0.25, 0.3) is 0 Å². The van der Waals surface area contributed by atoms with Gasteiger partial charge in [0.05, 0.1) is 0 Å². The summed E-state index contributed by atoms with van der Waals surface area (Å²) >= 11 is 0. The molecule has 0 spiro atoms. The van der Waals surface area contributed by atoms with E-state index in [1.807, 2.05) is 13.8 Å². The van der Waals surface area contributed by atoms with E-state index in [-0.39, 0.29) is 0 Å². The first-order valence-corrected chi connectivity index (χ1v) is 4.85. The highest BCUT2D eigenvalue weighted by molar-refractivity contribution is 4.52. The maximum atomic E-state index is 2.38. The van der Waals surface area contributed by atoms with E-state index in [1.54, 1.807) is 0 Å². The third-order valence-electron chi connectivity index (χ3n) is 1.28. The molecule has 0 aliphatic carbocycles. The second-order valence-electron chi connectivity index (χ2n) is 3.16. The van der Waals surface area contributed by atoms with Gasteiger partial charge in [-0.15, -0.1) is 0 Å². The molecule has 0 N–H and O–H groups in total. The Labute approximate surface area is 72.8 Å². The summed E-state index contributed by atoms with van der Waals surface area (Å²) in [6, 6.07) is 0. The largest absolute Gasteiger partial charge is 0.306 e. The minimum absolute atomic E-state index is 0.807. The molecule has 0 unspecified atom stereocenters. The van der Waals surface area contributed by atoms with Crippen LogP contribution in [0.5, 0.6) is 0 Å². The second kappa shape index (κ2) is 9.96. The monoisotopic (exact) mass is 159 g/mol. The third-order valence-corrected chi connectivity index (χ3v) is 1.28. The van der Waals surface area contributed by atoms with Crippen molar-refractivity contribution in [2.24, 2.45) is 5.92 Å². The summed E-state index contributed by atoms with van der Waals surface area (Å²) in [5, 5.41) is 0. The summed E-state index contributed by atoms with van der Waals surface area (Å²) in [5.74, 6) is 0.807. The standard InChI is InChI=1S/C8H19N.C2H6/c1-5-6-9(4)7-8(2)3;1-2/h8H,5-7H2,1-4H3;1-2H3. The fourth-order valence-corrected chi connectivity index (χ4v) is 1.10. The Balaban J connectivity index is 0. The fraction of sp³-hybridized carbons (Fsp3) is 1.00. The summed E-state index contributed by atoms with van der Waals surface area (Å²) in [6.45, 7) is 13.2. The van der Waals surface area contributed by atoms with Gasteiger partial charge >= 0.3 is 0 Å². The van der Waals surface area contributed by atoms with Crippen LogP contribution in [0.25, 0.3) is 0 Å². The summed E-state index contributed by atoms with van der Waals surface area (Å²) in [4.78, 5) is 2.38. The van der Waals surface area contributed by atoms with Crippen molar-refractivity contribution in [1.82, 2.24) is 4.90 Å². The van der Waals surface area contributed by atoms with Gasteiger partial charge in [-0.05, 0) is 25.9 Å². The molecule has 70 valence electrons. The quantitative estimate of drug-likeness (QED) is 0.609. The average Bonchev–Trinajstić information content (AvgIpc) is 1.91. The smallest absolute Gasteiger partial charge is 0.000133 e. The van der Waals surface area contributed by atoms with Crippen molar-refractivity contribution in [1.29, 1.82) is 0 Å². The van der Waals surface area contributed by atoms with Crippen LogP contribution in [0, 0.1) is 5.92 Å². The number of nitrogens with zero attached hydrogens (tertiary/aromatic N) is 1. The second-order valence-corrected chi connectivity index (χ2v) is 3.16. The van der Waals surface area contributed by atoms with E-state index < -0.39 is 0 Å². The van der Waals surface area contributed by atoms with E-state index in [0.717, 1.165) is 5.92 Å². The summed E-state index contributed by atoms with van der Waals surface area (Å²) < 4.78 is 0. The molecule has 0 saturated heterocycles. The first-order chi connectivity index (χ1) is 5.16. The normalized spacial score (nSPS) is 9.82. The van der Waals surface area contributed by atoms with E-state index >= 15 is 0 Å². The van der Waals surface area contributed by atoms with Crippen molar-refractivity contribution in [3.8, 4) is 0 Å². The lowest BCUT2D eigenvalue weighted by molar-refractivity contribution is 0.296. The van der Waals surface area contributed by atoms with Gasteiger partial charge in [0.15, 0.2) is 0 Å². The number of rotatable bonds is 4. The molecule has 0 aliphatic rings. The molecule has 11 heavy (non-hydrogen) atoms. The zero-order chi connectivity index (χ0) is 9.28. The summed E-state index contributed by atoms with van der Waals surface area (Å²) in [7, 11) is 2.18. The maximum absolute atomic E-state index is 2.38. The number of hydrogen-bond donors (Lipinski definition) is 0. The molecular weight excluding hydrogens is 134 g/mol. The molecule has 0 aliphatic heterocycles. The minimum Gasteiger partial charge on any atom is -0.306 e. The molecule has 0 radical (unpaired) electrons. The molecule has 0 saturated carbocycles. The van der Waals surface area contributed by atoms with E-state index in [9.17, 15) is 0 Å². The highest BCUT2D eigenvalue weighted by Gasteiger charge is 1.97. The Bertz CT molecular complexity index is 59.9. The van der Waals surface area contributed by atoms with Crippen LogP contribution in [-0.2, 0) is 0 Å². The highest BCUT2D eigenvalue weighted by Crippen LogP contribution is 1.95. The van der Waals surface area contributed by atoms with Gasteiger partial charge < -0.3 is 4.90 Å². The van der Waals surface area contributed by atoms with Crippen molar-refractivity contribution in [3.63, 3.8) is 0 Å². The molecule has 0 rings (SSSR count). The predicted molar refractivity (Wildman–Crippen MR) is 54.0 cm³/mol. The Morgan fingerprint density at radius 3 is 1.91 bits per heavy atom. The first-order valence-electron chi connectivity index (χ1n) is 4.85. The lowest BCUT2D eigenvalue weighted by atomic mass is 10.2. The molecule has 0 aromatic heterocycles. The lowest BCUT2D eigenvalue weighted by Crippen LogP contribution is -2.23. The van der Waals surface area contributed by atoms with Gasteiger partial charge in [-0.25, -0.2) is 0 Å². The molecule has 0 atom stereocenters. The van der Waals surface area contributed by atoms with E-state index in [2.05, 4.69) is 32.7 Å². The zero-order valence-electron chi connectivity index (χ0n) is 9.15. The molecular formula is C10H25N. The van der Waals surface area contributed by atoms with Crippen LogP contribution in [-0.4, -0.2) is 25.0 Å². The van der Waals surface area contributed by atoms with E-state index in [1.165, 1.54) is 19.5 Å². The van der Waals surface area contributed by atoms with E-state index in [0.29, 0.717) is 0 Å². The van der Waals surface area contributed by atoms with Crippen LogP contribution in [0.2, 0.25) is 0 Å². The fourth-order valence-electron chi connectivity index (χ4n) is 1.10. The van der Waals surface area contributed by atoms with Crippen LogP contribution in [0.15, 0.2) is 0 Å². The Morgan fingerprint density at radius 2 is 1.64 bits per heavy atom. The van der Waals surface area contributed by atoms with Gasteiger partial charge in [-0.1, -0.05) is 34.6 Å². The molecule has 1 nitrogen and oxygen atoms in total. The average molecular weight is 159 g/mol. The van der Waals surface area contributed by atoms with Crippen LogP contribution in [0.1, 0.15) is 41.0 Å². The van der Waals surface area contributed by atoms with Crippen LogP contribution < -0.4 is 0 Å².